The number of aryl methyl sites for hydroxylation is 1. The fraction of sp³-hybridized carbons (Fsp3) is 0.143. The fourth-order valence-electron chi connectivity index (χ4n) is 1.74. The van der Waals surface area contributed by atoms with Gasteiger partial charge in [0.05, 0.1) is 7.11 Å². The van der Waals surface area contributed by atoms with Crippen molar-refractivity contribution in [1.82, 2.24) is 0 Å². The fourth-order valence-corrected chi connectivity index (χ4v) is 2.42. The Morgan fingerprint density at radius 3 is 2.38 bits per heavy atom. The van der Waals surface area contributed by atoms with Crippen molar-refractivity contribution in [2.75, 3.05) is 7.11 Å². The lowest BCUT2D eigenvalue weighted by Crippen LogP contribution is -1.88. The summed E-state index contributed by atoms with van der Waals surface area (Å²) in [6, 6.07) is 14.6. The summed E-state index contributed by atoms with van der Waals surface area (Å²) in [5, 5.41) is 0. The van der Waals surface area contributed by atoms with E-state index >= 15 is 0 Å². The van der Waals surface area contributed by atoms with Crippen LogP contribution in [0, 0.1) is 10.5 Å². The number of ether oxygens (including phenoxy) is 1. The van der Waals surface area contributed by atoms with Gasteiger partial charge in [-0.3, -0.25) is 0 Å². The van der Waals surface area contributed by atoms with Crippen molar-refractivity contribution in [3.63, 3.8) is 0 Å². The van der Waals surface area contributed by atoms with E-state index in [1.165, 1.54) is 20.3 Å². The predicted molar refractivity (Wildman–Crippen MR) is 75.9 cm³/mol. The Bertz CT molecular complexity index is 506. The largest absolute Gasteiger partial charge is 0.497 e. The van der Waals surface area contributed by atoms with Gasteiger partial charge in [-0.1, -0.05) is 24.3 Å². The average molecular weight is 324 g/mol. The molecule has 2 heteroatoms. The van der Waals surface area contributed by atoms with Crippen LogP contribution in [0.1, 0.15) is 5.56 Å². The lowest BCUT2D eigenvalue weighted by Gasteiger charge is -2.09. The lowest BCUT2D eigenvalue weighted by atomic mass is 10.0. The van der Waals surface area contributed by atoms with Gasteiger partial charge in [0, 0.05) is 3.57 Å². The lowest BCUT2D eigenvalue weighted by molar-refractivity contribution is 0.414. The Balaban J connectivity index is 2.53. The summed E-state index contributed by atoms with van der Waals surface area (Å²) in [5.41, 5.74) is 3.79. The molecule has 0 saturated heterocycles. The van der Waals surface area contributed by atoms with Crippen molar-refractivity contribution < 1.29 is 4.74 Å². The zero-order valence-corrected chi connectivity index (χ0v) is 11.5. The van der Waals surface area contributed by atoms with E-state index < -0.39 is 0 Å². The summed E-state index contributed by atoms with van der Waals surface area (Å²) in [6.07, 6.45) is 0. The van der Waals surface area contributed by atoms with E-state index in [4.69, 9.17) is 4.74 Å². The van der Waals surface area contributed by atoms with Gasteiger partial charge >= 0.3 is 0 Å². The molecule has 0 aromatic heterocycles. The third kappa shape index (κ3) is 2.21. The van der Waals surface area contributed by atoms with Crippen LogP contribution < -0.4 is 4.74 Å². The molecule has 0 aliphatic heterocycles. The molecule has 0 unspecified atom stereocenters. The van der Waals surface area contributed by atoms with Crippen molar-refractivity contribution in [2.45, 2.75) is 6.92 Å². The van der Waals surface area contributed by atoms with Crippen molar-refractivity contribution in [3.8, 4) is 16.9 Å². The minimum Gasteiger partial charge on any atom is -0.497 e. The van der Waals surface area contributed by atoms with E-state index in [9.17, 15) is 0 Å². The third-order valence-electron chi connectivity index (χ3n) is 2.60. The van der Waals surface area contributed by atoms with Crippen LogP contribution in [0.15, 0.2) is 42.5 Å². The molecule has 0 atom stereocenters. The highest BCUT2D eigenvalue weighted by atomic mass is 127. The number of hydrogen-bond donors (Lipinski definition) is 0. The molecule has 0 saturated carbocycles. The molecule has 0 amide bonds. The summed E-state index contributed by atoms with van der Waals surface area (Å²) in [6.45, 7) is 2.11. The summed E-state index contributed by atoms with van der Waals surface area (Å²) >= 11 is 2.37. The van der Waals surface area contributed by atoms with Gasteiger partial charge in [-0.05, 0) is 64.4 Å². The Labute approximate surface area is 110 Å². The van der Waals surface area contributed by atoms with Crippen LogP contribution in [-0.2, 0) is 0 Å². The highest BCUT2D eigenvalue weighted by molar-refractivity contribution is 14.1. The van der Waals surface area contributed by atoms with Gasteiger partial charge in [-0.15, -0.1) is 0 Å². The molecular formula is C14H13IO. The molecule has 2 rings (SSSR count). The Hall–Kier alpha value is -1.03. The zero-order chi connectivity index (χ0) is 11.5. The molecule has 0 aliphatic rings. The van der Waals surface area contributed by atoms with Crippen molar-refractivity contribution >= 4 is 22.6 Å². The maximum atomic E-state index is 5.21. The summed E-state index contributed by atoms with van der Waals surface area (Å²) in [4.78, 5) is 0. The molecule has 0 bridgehead atoms. The second kappa shape index (κ2) is 4.87. The van der Waals surface area contributed by atoms with E-state index in [2.05, 4.69) is 65.9 Å². The van der Waals surface area contributed by atoms with Crippen LogP contribution in [0.5, 0.6) is 5.75 Å². The molecular weight excluding hydrogens is 311 g/mol. The van der Waals surface area contributed by atoms with Gasteiger partial charge in [0.1, 0.15) is 5.75 Å². The van der Waals surface area contributed by atoms with Crippen LogP contribution in [0.4, 0.5) is 0 Å². The van der Waals surface area contributed by atoms with Crippen molar-refractivity contribution in [2.24, 2.45) is 0 Å². The maximum Gasteiger partial charge on any atom is 0.119 e. The molecule has 0 heterocycles. The van der Waals surface area contributed by atoms with Crippen LogP contribution in [0.25, 0.3) is 11.1 Å². The Kier molecular flexibility index (Phi) is 3.49. The predicted octanol–water partition coefficient (Wildman–Crippen LogP) is 4.28. The van der Waals surface area contributed by atoms with E-state index in [0.29, 0.717) is 0 Å². The second-order valence-electron chi connectivity index (χ2n) is 3.66. The van der Waals surface area contributed by atoms with Crippen LogP contribution in [0.3, 0.4) is 0 Å². The number of halogens is 1. The first-order valence-electron chi connectivity index (χ1n) is 5.12. The van der Waals surface area contributed by atoms with Crippen molar-refractivity contribution in [3.05, 3.63) is 51.6 Å². The molecule has 82 valence electrons. The second-order valence-corrected chi connectivity index (χ2v) is 4.82. The quantitative estimate of drug-likeness (QED) is 0.750. The van der Waals surface area contributed by atoms with Gasteiger partial charge in [0.2, 0.25) is 0 Å². The van der Waals surface area contributed by atoms with Crippen LogP contribution >= 0.6 is 22.6 Å². The maximum absolute atomic E-state index is 5.21. The topological polar surface area (TPSA) is 9.23 Å². The van der Waals surface area contributed by atoms with Gasteiger partial charge in [-0.2, -0.15) is 0 Å². The minimum absolute atomic E-state index is 0.909. The number of rotatable bonds is 2. The molecule has 16 heavy (non-hydrogen) atoms. The molecule has 2 aromatic carbocycles. The minimum atomic E-state index is 0.909. The van der Waals surface area contributed by atoms with E-state index in [1.807, 2.05) is 6.07 Å². The molecule has 2 aromatic rings. The molecule has 0 N–H and O–H groups in total. The highest BCUT2D eigenvalue weighted by Gasteiger charge is 2.05. The van der Waals surface area contributed by atoms with E-state index in [-0.39, 0.29) is 0 Å². The average Bonchev–Trinajstić information content (AvgIpc) is 2.30. The van der Waals surface area contributed by atoms with E-state index in [0.717, 1.165) is 5.75 Å². The third-order valence-corrected chi connectivity index (χ3v) is 3.54. The van der Waals surface area contributed by atoms with Crippen molar-refractivity contribution in [1.29, 1.82) is 0 Å². The van der Waals surface area contributed by atoms with Gasteiger partial charge < -0.3 is 4.74 Å². The standard InChI is InChI=1S/C14H13IO/c1-10-9-11(16-2)7-8-12(10)13-5-3-4-6-14(13)15/h3-9H,1-2H3. The summed E-state index contributed by atoms with van der Waals surface area (Å²) in [5.74, 6) is 0.909. The normalized spacial score (nSPS) is 10.2. The van der Waals surface area contributed by atoms with Gasteiger partial charge in [-0.25, -0.2) is 0 Å². The first kappa shape index (κ1) is 11.5. The summed E-state index contributed by atoms with van der Waals surface area (Å²) < 4.78 is 6.49. The monoisotopic (exact) mass is 324 g/mol. The van der Waals surface area contributed by atoms with Gasteiger partial charge in [0.25, 0.3) is 0 Å². The number of methoxy groups -OCH3 is 1. The first-order valence-corrected chi connectivity index (χ1v) is 6.20. The van der Waals surface area contributed by atoms with Crippen LogP contribution in [-0.4, -0.2) is 7.11 Å². The molecule has 0 radical (unpaired) electrons. The first-order chi connectivity index (χ1) is 7.72. The summed E-state index contributed by atoms with van der Waals surface area (Å²) in [7, 11) is 1.70. The van der Waals surface area contributed by atoms with Crippen LogP contribution in [0.2, 0.25) is 0 Å². The van der Waals surface area contributed by atoms with Gasteiger partial charge in [0.15, 0.2) is 0 Å². The molecule has 0 fully saturated rings. The SMILES string of the molecule is COc1ccc(-c2ccccc2I)c(C)c1. The Morgan fingerprint density at radius 1 is 1.00 bits per heavy atom. The smallest absolute Gasteiger partial charge is 0.119 e. The number of hydrogen-bond acceptors (Lipinski definition) is 1. The Morgan fingerprint density at radius 2 is 1.75 bits per heavy atom. The molecule has 1 nitrogen and oxygen atoms in total. The molecule has 0 spiro atoms. The zero-order valence-electron chi connectivity index (χ0n) is 9.33. The van der Waals surface area contributed by atoms with E-state index in [1.54, 1.807) is 7.11 Å². The molecule has 0 aliphatic carbocycles. The highest BCUT2D eigenvalue weighted by Crippen LogP contribution is 2.29. The number of benzene rings is 2.